The van der Waals surface area contributed by atoms with Gasteiger partial charge in [0.1, 0.15) is 0 Å². The molecule has 124 valence electrons. The summed E-state index contributed by atoms with van der Waals surface area (Å²) in [6, 6.07) is 5.42. The molecule has 2 amide bonds. The second-order valence-electron chi connectivity index (χ2n) is 6.33. The molecule has 1 aromatic rings. The zero-order valence-electron chi connectivity index (χ0n) is 12.9. The summed E-state index contributed by atoms with van der Waals surface area (Å²) in [7, 11) is 0. The molecule has 0 spiro atoms. The molecule has 4 nitrogen and oxygen atoms in total. The van der Waals surface area contributed by atoms with Gasteiger partial charge in [-0.1, -0.05) is 48.5 Å². The summed E-state index contributed by atoms with van der Waals surface area (Å²) in [5.74, 6) is -0.394. The molecule has 1 saturated heterocycles. The number of likely N-dealkylation sites (tertiary alicyclic amines) is 1. The van der Waals surface area contributed by atoms with Gasteiger partial charge in [0, 0.05) is 19.0 Å². The highest BCUT2D eigenvalue weighted by molar-refractivity contribution is 6.44. The normalized spacial score (nSPS) is 22.4. The Morgan fingerprint density at radius 1 is 1.17 bits per heavy atom. The van der Waals surface area contributed by atoms with E-state index < -0.39 is 0 Å². The number of hydrogen-bond donors (Lipinski definition) is 1. The van der Waals surface area contributed by atoms with Crippen molar-refractivity contribution < 1.29 is 9.59 Å². The first-order valence-electron chi connectivity index (χ1n) is 8.10. The average Bonchev–Trinajstić information content (AvgIpc) is 2.95. The standard InChI is InChI=1S/C17H20Cl2N2O2/c18-13-7-4-8-14(16(13)19)20-17(23)11-9-15(22)21(10-11)12-5-2-1-3-6-12/h4,7-8,11-12H,1-3,5-6,9-10H2,(H,20,23). The molecule has 23 heavy (non-hydrogen) atoms. The van der Waals surface area contributed by atoms with Gasteiger partial charge in [0.05, 0.1) is 21.7 Å². The lowest BCUT2D eigenvalue weighted by Crippen LogP contribution is -2.38. The molecule has 1 aromatic carbocycles. The first-order valence-corrected chi connectivity index (χ1v) is 8.86. The van der Waals surface area contributed by atoms with Crippen molar-refractivity contribution >= 4 is 40.7 Å². The van der Waals surface area contributed by atoms with E-state index in [1.807, 2.05) is 4.90 Å². The summed E-state index contributed by atoms with van der Waals surface area (Å²) in [6.07, 6.45) is 5.98. The summed E-state index contributed by atoms with van der Waals surface area (Å²) >= 11 is 12.1. The highest BCUT2D eigenvalue weighted by Crippen LogP contribution is 2.32. The van der Waals surface area contributed by atoms with Crippen LogP contribution in [-0.2, 0) is 9.59 Å². The minimum absolute atomic E-state index is 0.0919. The van der Waals surface area contributed by atoms with E-state index in [9.17, 15) is 9.59 Å². The number of amides is 2. The third-order valence-corrected chi connectivity index (χ3v) is 5.57. The Balaban J connectivity index is 1.64. The molecule has 2 aliphatic rings. The maximum Gasteiger partial charge on any atom is 0.229 e. The highest BCUT2D eigenvalue weighted by atomic mass is 35.5. The highest BCUT2D eigenvalue weighted by Gasteiger charge is 2.38. The smallest absolute Gasteiger partial charge is 0.229 e. The molecule has 2 fully saturated rings. The van der Waals surface area contributed by atoms with Crippen LogP contribution in [-0.4, -0.2) is 29.3 Å². The van der Waals surface area contributed by atoms with Crippen LogP contribution in [0, 0.1) is 5.92 Å². The lowest BCUT2D eigenvalue weighted by Gasteiger charge is -2.31. The lowest BCUT2D eigenvalue weighted by molar-refractivity contribution is -0.130. The van der Waals surface area contributed by atoms with Crippen LogP contribution < -0.4 is 5.32 Å². The largest absolute Gasteiger partial charge is 0.339 e. The maximum atomic E-state index is 12.5. The van der Waals surface area contributed by atoms with Crippen molar-refractivity contribution in [2.24, 2.45) is 5.92 Å². The van der Waals surface area contributed by atoms with Crippen molar-refractivity contribution in [1.29, 1.82) is 0 Å². The van der Waals surface area contributed by atoms with Gasteiger partial charge in [-0.25, -0.2) is 0 Å². The second kappa shape index (κ2) is 7.10. The van der Waals surface area contributed by atoms with E-state index in [0.29, 0.717) is 28.3 Å². The van der Waals surface area contributed by atoms with Crippen LogP contribution in [0.5, 0.6) is 0 Å². The van der Waals surface area contributed by atoms with E-state index in [1.165, 1.54) is 19.3 Å². The van der Waals surface area contributed by atoms with Gasteiger partial charge >= 0.3 is 0 Å². The van der Waals surface area contributed by atoms with Crippen molar-refractivity contribution in [2.45, 2.75) is 44.6 Å². The van der Waals surface area contributed by atoms with Crippen molar-refractivity contribution in [3.8, 4) is 0 Å². The molecular weight excluding hydrogens is 335 g/mol. The summed E-state index contributed by atoms with van der Waals surface area (Å²) in [6.45, 7) is 0.507. The van der Waals surface area contributed by atoms with Crippen LogP contribution in [0.4, 0.5) is 5.69 Å². The molecule has 1 unspecified atom stereocenters. The van der Waals surface area contributed by atoms with Crippen molar-refractivity contribution in [2.75, 3.05) is 11.9 Å². The number of rotatable bonds is 3. The number of halogens is 2. The Labute approximate surface area is 146 Å². The fourth-order valence-corrected chi connectivity index (χ4v) is 3.84. The average molecular weight is 355 g/mol. The van der Waals surface area contributed by atoms with Crippen LogP contribution >= 0.6 is 23.2 Å². The predicted molar refractivity (Wildman–Crippen MR) is 91.8 cm³/mol. The number of carbonyl (C=O) groups is 2. The fourth-order valence-electron chi connectivity index (χ4n) is 3.49. The van der Waals surface area contributed by atoms with Gasteiger partial charge in [-0.2, -0.15) is 0 Å². The van der Waals surface area contributed by atoms with E-state index in [0.717, 1.165) is 12.8 Å². The van der Waals surface area contributed by atoms with Crippen molar-refractivity contribution in [3.63, 3.8) is 0 Å². The quantitative estimate of drug-likeness (QED) is 0.887. The molecule has 1 aliphatic heterocycles. The Morgan fingerprint density at radius 3 is 2.65 bits per heavy atom. The molecule has 6 heteroatoms. The van der Waals surface area contributed by atoms with Crippen LogP contribution in [0.15, 0.2) is 18.2 Å². The number of benzene rings is 1. The van der Waals surface area contributed by atoms with Gasteiger partial charge in [-0.15, -0.1) is 0 Å². The van der Waals surface area contributed by atoms with E-state index in [-0.39, 0.29) is 24.2 Å². The number of anilines is 1. The third-order valence-electron chi connectivity index (χ3n) is 4.75. The van der Waals surface area contributed by atoms with E-state index in [4.69, 9.17) is 23.2 Å². The molecule has 1 saturated carbocycles. The van der Waals surface area contributed by atoms with Gasteiger partial charge in [-0.3, -0.25) is 9.59 Å². The van der Waals surface area contributed by atoms with E-state index >= 15 is 0 Å². The van der Waals surface area contributed by atoms with Gasteiger partial charge in [0.2, 0.25) is 11.8 Å². The Hall–Kier alpha value is -1.26. The van der Waals surface area contributed by atoms with Gasteiger partial charge < -0.3 is 10.2 Å². The third kappa shape index (κ3) is 3.64. The molecule has 0 bridgehead atoms. The minimum atomic E-state index is -0.320. The SMILES string of the molecule is O=C(Nc1cccc(Cl)c1Cl)C1CC(=O)N(C2CCCCC2)C1. The summed E-state index contributed by atoms with van der Waals surface area (Å²) in [5, 5.41) is 3.53. The van der Waals surface area contributed by atoms with Crippen LogP contribution in [0.2, 0.25) is 10.0 Å². The van der Waals surface area contributed by atoms with Crippen molar-refractivity contribution in [1.82, 2.24) is 4.90 Å². The molecule has 1 N–H and O–H groups in total. The van der Waals surface area contributed by atoms with E-state index in [1.54, 1.807) is 18.2 Å². The topological polar surface area (TPSA) is 49.4 Å². The summed E-state index contributed by atoms with van der Waals surface area (Å²) in [4.78, 5) is 26.6. The molecular formula is C17H20Cl2N2O2. The fraction of sp³-hybridized carbons (Fsp3) is 0.529. The Kier molecular flexibility index (Phi) is 5.12. The van der Waals surface area contributed by atoms with Gasteiger partial charge in [0.15, 0.2) is 0 Å². The lowest BCUT2D eigenvalue weighted by atomic mass is 9.94. The van der Waals surface area contributed by atoms with Crippen LogP contribution in [0.3, 0.4) is 0 Å². The Bertz CT molecular complexity index is 615. The maximum absolute atomic E-state index is 12.5. The zero-order valence-corrected chi connectivity index (χ0v) is 14.4. The molecule has 1 atom stereocenters. The molecule has 3 rings (SSSR count). The predicted octanol–water partition coefficient (Wildman–Crippen LogP) is 4.11. The summed E-state index contributed by atoms with van der Waals surface area (Å²) in [5.41, 5.74) is 0.493. The number of nitrogens with zero attached hydrogens (tertiary/aromatic N) is 1. The van der Waals surface area contributed by atoms with Crippen LogP contribution in [0.25, 0.3) is 0 Å². The number of hydrogen-bond acceptors (Lipinski definition) is 2. The summed E-state index contributed by atoms with van der Waals surface area (Å²) < 4.78 is 0. The molecule has 0 aromatic heterocycles. The molecule has 1 heterocycles. The van der Waals surface area contributed by atoms with Crippen molar-refractivity contribution in [3.05, 3.63) is 28.2 Å². The molecule has 0 radical (unpaired) electrons. The van der Waals surface area contributed by atoms with Gasteiger partial charge in [-0.05, 0) is 25.0 Å². The van der Waals surface area contributed by atoms with E-state index in [2.05, 4.69) is 5.32 Å². The van der Waals surface area contributed by atoms with Gasteiger partial charge in [0.25, 0.3) is 0 Å². The zero-order chi connectivity index (χ0) is 16.4. The molecule has 1 aliphatic carbocycles. The van der Waals surface area contributed by atoms with Crippen LogP contribution in [0.1, 0.15) is 38.5 Å². The minimum Gasteiger partial charge on any atom is -0.339 e. The monoisotopic (exact) mass is 354 g/mol. The first kappa shape index (κ1) is 16.6. The second-order valence-corrected chi connectivity index (χ2v) is 7.11. The number of nitrogens with one attached hydrogen (secondary N) is 1. The Morgan fingerprint density at radius 2 is 1.91 bits per heavy atom. The number of carbonyl (C=O) groups excluding carboxylic acids is 2. The first-order chi connectivity index (χ1) is 11.1.